The second-order valence-corrected chi connectivity index (χ2v) is 4.01. The molecule has 4 N–H and O–H groups in total. The highest BCUT2D eigenvalue weighted by atomic mass is 15.0. The van der Waals surface area contributed by atoms with Crippen molar-refractivity contribution < 1.29 is 0 Å². The molecule has 1 heterocycles. The molecule has 0 saturated carbocycles. The maximum Gasteiger partial charge on any atom is 0.222 e. The van der Waals surface area contributed by atoms with Crippen molar-refractivity contribution in [2.24, 2.45) is 0 Å². The number of anilines is 2. The van der Waals surface area contributed by atoms with Gasteiger partial charge >= 0.3 is 0 Å². The number of rotatable bonds is 2. The number of nitrogens with zero attached hydrogens (tertiary/aromatic N) is 2. The Kier molecular flexibility index (Phi) is 5.30. The smallest absolute Gasteiger partial charge is 0.222 e. The number of benzene rings is 1. The Morgan fingerprint density at radius 1 is 1.00 bits per heavy atom. The highest BCUT2D eigenvalue weighted by molar-refractivity contribution is 5.76. The molecule has 0 aliphatic carbocycles. The van der Waals surface area contributed by atoms with E-state index in [4.69, 9.17) is 11.5 Å². The van der Waals surface area contributed by atoms with E-state index in [0.29, 0.717) is 5.82 Å². The van der Waals surface area contributed by atoms with Gasteiger partial charge in [-0.25, -0.2) is 4.98 Å². The molecular formula is C15H22N4. The lowest BCUT2D eigenvalue weighted by Crippen LogP contribution is -2.06. The topological polar surface area (TPSA) is 77.8 Å². The van der Waals surface area contributed by atoms with Crippen LogP contribution in [0.1, 0.15) is 32.0 Å². The second-order valence-electron chi connectivity index (χ2n) is 4.01. The van der Waals surface area contributed by atoms with Crippen molar-refractivity contribution in [2.45, 2.75) is 34.1 Å². The van der Waals surface area contributed by atoms with Crippen molar-refractivity contribution in [1.82, 2.24) is 9.97 Å². The Labute approximate surface area is 114 Å². The van der Waals surface area contributed by atoms with Crippen LogP contribution in [-0.2, 0) is 6.42 Å². The van der Waals surface area contributed by atoms with Crippen LogP contribution in [0.3, 0.4) is 0 Å². The monoisotopic (exact) mass is 258 g/mol. The quantitative estimate of drug-likeness (QED) is 0.867. The van der Waals surface area contributed by atoms with Crippen LogP contribution in [0, 0.1) is 6.92 Å². The van der Waals surface area contributed by atoms with Gasteiger partial charge in [-0.1, -0.05) is 50.6 Å². The number of hydrogen-bond acceptors (Lipinski definition) is 4. The highest BCUT2D eigenvalue weighted by Crippen LogP contribution is 2.28. The van der Waals surface area contributed by atoms with Crippen LogP contribution in [0.15, 0.2) is 24.3 Å². The maximum absolute atomic E-state index is 5.94. The van der Waals surface area contributed by atoms with Gasteiger partial charge in [-0.15, -0.1) is 0 Å². The molecule has 0 aliphatic rings. The van der Waals surface area contributed by atoms with E-state index in [1.165, 1.54) is 5.56 Å². The summed E-state index contributed by atoms with van der Waals surface area (Å²) in [6, 6.07) is 8.15. The minimum absolute atomic E-state index is 0.232. The normalized spacial score (nSPS) is 9.68. The van der Waals surface area contributed by atoms with E-state index < -0.39 is 0 Å². The summed E-state index contributed by atoms with van der Waals surface area (Å²) in [6.07, 6.45) is 0.778. The summed E-state index contributed by atoms with van der Waals surface area (Å²) in [6.45, 7) is 8.08. The van der Waals surface area contributed by atoms with Gasteiger partial charge in [0.15, 0.2) is 0 Å². The van der Waals surface area contributed by atoms with Gasteiger partial charge < -0.3 is 11.5 Å². The summed E-state index contributed by atoms with van der Waals surface area (Å²) >= 11 is 0. The first-order chi connectivity index (χ1) is 9.11. The molecule has 1 aromatic heterocycles. The van der Waals surface area contributed by atoms with Crippen LogP contribution in [0.2, 0.25) is 0 Å². The fraction of sp³-hybridized carbons (Fsp3) is 0.333. The molecule has 0 radical (unpaired) electrons. The lowest BCUT2D eigenvalue weighted by molar-refractivity contribution is 1.02. The number of hydrogen-bond donors (Lipinski definition) is 2. The molecule has 0 unspecified atom stereocenters. The van der Waals surface area contributed by atoms with Crippen molar-refractivity contribution in [3.8, 4) is 11.1 Å². The van der Waals surface area contributed by atoms with E-state index >= 15 is 0 Å². The summed E-state index contributed by atoms with van der Waals surface area (Å²) in [5.41, 5.74) is 15.6. The third kappa shape index (κ3) is 3.44. The second kappa shape index (κ2) is 6.73. The number of nitrogens with two attached hydrogens (primary N) is 2. The molecule has 102 valence electrons. The van der Waals surface area contributed by atoms with Crippen LogP contribution in [0.4, 0.5) is 11.8 Å². The zero-order chi connectivity index (χ0) is 14.4. The molecule has 0 fully saturated rings. The molecule has 2 rings (SSSR count). The van der Waals surface area contributed by atoms with E-state index in [-0.39, 0.29) is 5.95 Å². The van der Waals surface area contributed by atoms with Gasteiger partial charge in [0.1, 0.15) is 5.82 Å². The third-order valence-corrected chi connectivity index (χ3v) is 2.70. The van der Waals surface area contributed by atoms with Gasteiger partial charge in [0, 0.05) is 5.56 Å². The molecule has 0 bridgehead atoms. The van der Waals surface area contributed by atoms with Gasteiger partial charge in [-0.3, -0.25) is 0 Å². The lowest BCUT2D eigenvalue weighted by atomic mass is 10.0. The summed E-state index contributed by atoms with van der Waals surface area (Å²) in [7, 11) is 0. The molecule has 0 atom stereocenters. The van der Waals surface area contributed by atoms with Crippen LogP contribution >= 0.6 is 0 Å². The average Bonchev–Trinajstić information content (AvgIpc) is 2.41. The predicted molar refractivity (Wildman–Crippen MR) is 81.8 cm³/mol. The molecule has 4 heteroatoms. The standard InChI is InChI=1S/C13H16N4.C2H6/c1-3-10-11(12(14)17-13(15)16-10)9-6-4-8(2)5-7-9;1-2/h4-7H,3H2,1-2H3,(H4,14,15,16,17);1-2H3. The molecule has 1 aromatic carbocycles. The summed E-state index contributed by atoms with van der Waals surface area (Å²) in [5, 5.41) is 0. The van der Waals surface area contributed by atoms with Crippen LogP contribution < -0.4 is 11.5 Å². The van der Waals surface area contributed by atoms with Crippen LogP contribution in [-0.4, -0.2) is 9.97 Å². The van der Waals surface area contributed by atoms with Gasteiger partial charge in [0.25, 0.3) is 0 Å². The Balaban J connectivity index is 0.000000861. The summed E-state index contributed by atoms with van der Waals surface area (Å²) in [5.74, 6) is 0.674. The zero-order valence-electron chi connectivity index (χ0n) is 12.1. The Morgan fingerprint density at radius 2 is 1.58 bits per heavy atom. The molecule has 0 saturated heterocycles. The van der Waals surface area contributed by atoms with Crippen molar-refractivity contribution in [3.05, 3.63) is 35.5 Å². The zero-order valence-corrected chi connectivity index (χ0v) is 12.1. The molecule has 0 aliphatic heterocycles. The van der Waals surface area contributed by atoms with E-state index in [1.807, 2.05) is 52.0 Å². The van der Waals surface area contributed by atoms with E-state index in [0.717, 1.165) is 23.2 Å². The van der Waals surface area contributed by atoms with Crippen molar-refractivity contribution in [1.29, 1.82) is 0 Å². The van der Waals surface area contributed by atoms with Crippen molar-refractivity contribution >= 4 is 11.8 Å². The fourth-order valence-corrected chi connectivity index (χ4v) is 1.84. The Bertz CT molecular complexity index is 533. The SMILES string of the molecule is CC.CCc1nc(N)nc(N)c1-c1ccc(C)cc1. The minimum Gasteiger partial charge on any atom is -0.383 e. The number of aromatic nitrogens is 2. The van der Waals surface area contributed by atoms with E-state index in [9.17, 15) is 0 Å². The van der Waals surface area contributed by atoms with Crippen molar-refractivity contribution in [2.75, 3.05) is 11.5 Å². The van der Waals surface area contributed by atoms with Gasteiger partial charge in [0.2, 0.25) is 5.95 Å². The highest BCUT2D eigenvalue weighted by Gasteiger charge is 2.11. The molecule has 0 spiro atoms. The van der Waals surface area contributed by atoms with Gasteiger partial charge in [-0.2, -0.15) is 4.98 Å². The average molecular weight is 258 g/mol. The summed E-state index contributed by atoms with van der Waals surface area (Å²) in [4.78, 5) is 8.26. The first-order valence-electron chi connectivity index (χ1n) is 6.60. The lowest BCUT2D eigenvalue weighted by Gasteiger charge is -2.10. The molecule has 2 aromatic rings. The molecule has 0 amide bonds. The number of nitrogen functional groups attached to an aromatic ring is 2. The Morgan fingerprint density at radius 3 is 2.11 bits per heavy atom. The molecule has 4 nitrogen and oxygen atoms in total. The van der Waals surface area contributed by atoms with Crippen molar-refractivity contribution in [3.63, 3.8) is 0 Å². The minimum atomic E-state index is 0.232. The van der Waals surface area contributed by atoms with Crippen LogP contribution in [0.25, 0.3) is 11.1 Å². The first kappa shape index (κ1) is 15.0. The van der Waals surface area contributed by atoms with Gasteiger partial charge in [0.05, 0.1) is 5.69 Å². The number of aryl methyl sites for hydroxylation is 2. The Hall–Kier alpha value is -2.10. The van der Waals surface area contributed by atoms with E-state index in [1.54, 1.807) is 0 Å². The maximum atomic E-state index is 5.94. The van der Waals surface area contributed by atoms with E-state index in [2.05, 4.69) is 9.97 Å². The summed E-state index contributed by atoms with van der Waals surface area (Å²) < 4.78 is 0. The molecular weight excluding hydrogens is 236 g/mol. The first-order valence-corrected chi connectivity index (χ1v) is 6.60. The predicted octanol–water partition coefficient (Wildman–Crippen LogP) is 3.21. The largest absolute Gasteiger partial charge is 0.383 e. The third-order valence-electron chi connectivity index (χ3n) is 2.70. The fourth-order valence-electron chi connectivity index (χ4n) is 1.84. The molecule has 19 heavy (non-hydrogen) atoms. The van der Waals surface area contributed by atoms with Crippen LogP contribution in [0.5, 0.6) is 0 Å². The van der Waals surface area contributed by atoms with Gasteiger partial charge in [-0.05, 0) is 18.9 Å².